The molecule has 0 fully saturated rings. The van der Waals surface area contributed by atoms with Gasteiger partial charge in [0.05, 0.1) is 6.61 Å². The minimum absolute atomic E-state index is 0.281. The summed E-state index contributed by atoms with van der Waals surface area (Å²) in [6.07, 6.45) is 3.17. The van der Waals surface area contributed by atoms with E-state index in [1.165, 1.54) is 0 Å². The molecule has 1 unspecified atom stereocenters. The molecule has 0 amide bonds. The molecule has 0 spiro atoms. The molecule has 1 atom stereocenters. The molecule has 0 saturated carbocycles. The molecule has 2 N–H and O–H groups in total. The second-order valence-corrected chi connectivity index (χ2v) is 2.67. The number of pyridine rings is 1. The molecule has 1 rings (SSSR count). The Morgan fingerprint density at radius 1 is 1.45 bits per heavy atom. The third-order valence-electron chi connectivity index (χ3n) is 1.61. The Hall–Kier alpha value is -0.930. The molecule has 11 heavy (non-hydrogen) atoms. The summed E-state index contributed by atoms with van der Waals surface area (Å²) in [6.45, 7) is 1.28. The summed E-state index contributed by atoms with van der Waals surface area (Å²) in [4.78, 5) is 3.80. The van der Waals surface area contributed by atoms with Gasteiger partial charge in [0, 0.05) is 12.4 Å². The molecule has 0 aliphatic carbocycles. The van der Waals surface area contributed by atoms with Gasteiger partial charge in [0.1, 0.15) is 5.60 Å². The predicted molar refractivity (Wildman–Crippen MR) is 40.9 cm³/mol. The van der Waals surface area contributed by atoms with E-state index in [1.54, 1.807) is 31.5 Å². The van der Waals surface area contributed by atoms with Crippen molar-refractivity contribution in [2.24, 2.45) is 0 Å². The first kappa shape index (κ1) is 8.17. The highest BCUT2D eigenvalue weighted by Gasteiger charge is 2.20. The Labute approximate surface area is 65.3 Å². The summed E-state index contributed by atoms with van der Waals surface area (Å²) in [5, 5.41) is 18.3. The van der Waals surface area contributed by atoms with E-state index < -0.39 is 5.60 Å². The van der Waals surface area contributed by atoms with Gasteiger partial charge >= 0.3 is 0 Å². The lowest BCUT2D eigenvalue weighted by atomic mass is 9.99. The smallest absolute Gasteiger partial charge is 0.110 e. The van der Waals surface area contributed by atoms with Crippen molar-refractivity contribution in [1.82, 2.24) is 4.98 Å². The molecule has 0 aliphatic rings. The topological polar surface area (TPSA) is 53.4 Å². The summed E-state index contributed by atoms with van der Waals surface area (Å²) in [5.74, 6) is 0. The maximum absolute atomic E-state index is 9.52. The highest BCUT2D eigenvalue weighted by molar-refractivity contribution is 5.17. The number of rotatable bonds is 2. The monoisotopic (exact) mass is 153 g/mol. The SMILES string of the molecule is CC(O)(CO)c1ccncc1. The highest BCUT2D eigenvalue weighted by Crippen LogP contribution is 2.17. The van der Waals surface area contributed by atoms with Crippen LogP contribution in [-0.4, -0.2) is 21.8 Å². The molecule has 60 valence electrons. The van der Waals surface area contributed by atoms with Gasteiger partial charge in [-0.2, -0.15) is 0 Å². The van der Waals surface area contributed by atoms with Crippen molar-refractivity contribution in [2.45, 2.75) is 12.5 Å². The lowest BCUT2D eigenvalue weighted by Gasteiger charge is -2.19. The molecule has 1 aromatic rings. The molecule has 0 aliphatic heterocycles. The Kier molecular flexibility index (Phi) is 2.22. The van der Waals surface area contributed by atoms with Crippen LogP contribution in [0.1, 0.15) is 12.5 Å². The van der Waals surface area contributed by atoms with Crippen LogP contribution >= 0.6 is 0 Å². The van der Waals surface area contributed by atoms with Crippen molar-refractivity contribution >= 4 is 0 Å². The van der Waals surface area contributed by atoms with Crippen molar-refractivity contribution in [3.8, 4) is 0 Å². The number of hydrogen-bond acceptors (Lipinski definition) is 3. The van der Waals surface area contributed by atoms with Crippen LogP contribution in [0.3, 0.4) is 0 Å². The fraction of sp³-hybridized carbons (Fsp3) is 0.375. The highest BCUT2D eigenvalue weighted by atomic mass is 16.3. The summed E-state index contributed by atoms with van der Waals surface area (Å²) in [7, 11) is 0. The largest absolute Gasteiger partial charge is 0.393 e. The molecule has 1 aromatic heterocycles. The maximum atomic E-state index is 9.52. The van der Waals surface area contributed by atoms with Crippen molar-refractivity contribution in [3.63, 3.8) is 0 Å². The summed E-state index contributed by atoms with van der Waals surface area (Å²) < 4.78 is 0. The number of nitrogens with zero attached hydrogens (tertiary/aromatic N) is 1. The molecule has 1 heterocycles. The minimum Gasteiger partial charge on any atom is -0.393 e. The van der Waals surface area contributed by atoms with Crippen LogP contribution in [0.15, 0.2) is 24.5 Å². The Morgan fingerprint density at radius 3 is 2.45 bits per heavy atom. The van der Waals surface area contributed by atoms with Crippen LogP contribution in [0.25, 0.3) is 0 Å². The Balaban J connectivity index is 2.93. The third kappa shape index (κ3) is 1.76. The molecule has 0 radical (unpaired) electrons. The fourth-order valence-electron chi connectivity index (χ4n) is 0.802. The van der Waals surface area contributed by atoms with Gasteiger partial charge in [-0.3, -0.25) is 4.98 Å². The van der Waals surface area contributed by atoms with Gasteiger partial charge in [-0.05, 0) is 24.6 Å². The van der Waals surface area contributed by atoms with E-state index in [4.69, 9.17) is 5.11 Å². The standard InChI is InChI=1S/C8H11NO2/c1-8(11,6-10)7-2-4-9-5-3-7/h2-5,10-11H,6H2,1H3. The predicted octanol–water partition coefficient (Wildman–Crippen LogP) is 0.281. The van der Waals surface area contributed by atoms with Gasteiger partial charge in [-0.25, -0.2) is 0 Å². The minimum atomic E-state index is -1.15. The zero-order valence-electron chi connectivity index (χ0n) is 6.36. The van der Waals surface area contributed by atoms with Gasteiger partial charge in [0.25, 0.3) is 0 Å². The van der Waals surface area contributed by atoms with Crippen LogP contribution in [0.4, 0.5) is 0 Å². The van der Waals surface area contributed by atoms with E-state index in [-0.39, 0.29) is 6.61 Å². The summed E-state index contributed by atoms with van der Waals surface area (Å²) in [5.41, 5.74) is -0.474. The Morgan fingerprint density at radius 2 is 2.00 bits per heavy atom. The molecule has 3 nitrogen and oxygen atoms in total. The van der Waals surface area contributed by atoms with Gasteiger partial charge in [-0.15, -0.1) is 0 Å². The van der Waals surface area contributed by atoms with Crippen molar-refractivity contribution < 1.29 is 10.2 Å². The first-order chi connectivity index (χ1) is 5.17. The lowest BCUT2D eigenvalue weighted by molar-refractivity contribution is -0.00234. The lowest BCUT2D eigenvalue weighted by Crippen LogP contribution is -2.25. The van der Waals surface area contributed by atoms with Gasteiger partial charge < -0.3 is 10.2 Å². The van der Waals surface area contributed by atoms with E-state index in [9.17, 15) is 5.11 Å². The average Bonchev–Trinajstić information content (AvgIpc) is 2.06. The molecular weight excluding hydrogens is 142 g/mol. The van der Waals surface area contributed by atoms with E-state index >= 15 is 0 Å². The third-order valence-corrected chi connectivity index (χ3v) is 1.61. The second kappa shape index (κ2) is 2.98. The van der Waals surface area contributed by atoms with E-state index in [0.717, 1.165) is 0 Å². The van der Waals surface area contributed by atoms with Crippen molar-refractivity contribution in [3.05, 3.63) is 30.1 Å². The van der Waals surface area contributed by atoms with Crippen LogP contribution in [0, 0.1) is 0 Å². The number of aliphatic hydroxyl groups is 2. The molecule has 0 aromatic carbocycles. The van der Waals surface area contributed by atoms with Crippen molar-refractivity contribution in [1.29, 1.82) is 0 Å². The van der Waals surface area contributed by atoms with Gasteiger partial charge in [-0.1, -0.05) is 0 Å². The van der Waals surface area contributed by atoms with E-state index in [1.807, 2.05) is 0 Å². The maximum Gasteiger partial charge on any atom is 0.110 e. The number of aromatic nitrogens is 1. The zero-order chi connectivity index (χ0) is 8.32. The number of aliphatic hydroxyl groups excluding tert-OH is 1. The molecule has 0 saturated heterocycles. The van der Waals surface area contributed by atoms with Crippen LogP contribution < -0.4 is 0 Å². The molecule has 3 heteroatoms. The van der Waals surface area contributed by atoms with E-state index in [2.05, 4.69) is 4.98 Å². The second-order valence-electron chi connectivity index (χ2n) is 2.67. The van der Waals surface area contributed by atoms with E-state index in [0.29, 0.717) is 5.56 Å². The summed E-state index contributed by atoms with van der Waals surface area (Å²) in [6, 6.07) is 3.35. The van der Waals surface area contributed by atoms with Crippen LogP contribution in [0.5, 0.6) is 0 Å². The quantitative estimate of drug-likeness (QED) is 0.641. The summed E-state index contributed by atoms with van der Waals surface area (Å²) >= 11 is 0. The van der Waals surface area contributed by atoms with Crippen LogP contribution in [-0.2, 0) is 5.60 Å². The molecular formula is C8H11NO2. The average molecular weight is 153 g/mol. The first-order valence-electron chi connectivity index (χ1n) is 3.40. The van der Waals surface area contributed by atoms with Gasteiger partial charge in [0.2, 0.25) is 0 Å². The number of hydrogen-bond donors (Lipinski definition) is 2. The normalized spacial score (nSPS) is 15.9. The van der Waals surface area contributed by atoms with Gasteiger partial charge in [0.15, 0.2) is 0 Å². The fourth-order valence-corrected chi connectivity index (χ4v) is 0.802. The Bertz CT molecular complexity index is 221. The first-order valence-corrected chi connectivity index (χ1v) is 3.40. The zero-order valence-corrected chi connectivity index (χ0v) is 6.36. The van der Waals surface area contributed by atoms with Crippen molar-refractivity contribution in [2.75, 3.05) is 6.61 Å². The molecule has 0 bridgehead atoms. The van der Waals surface area contributed by atoms with Crippen LogP contribution in [0.2, 0.25) is 0 Å².